The number of phenols is 2. The van der Waals surface area contributed by atoms with Crippen LogP contribution in [0.4, 0.5) is 0 Å². The molecular formula is C28H28O2. The predicted octanol–water partition coefficient (Wildman–Crippen LogP) is 7.35. The maximum atomic E-state index is 9.11. The summed E-state index contributed by atoms with van der Waals surface area (Å²) in [5.74, 6) is 0.514. The van der Waals surface area contributed by atoms with E-state index in [1.54, 1.807) is 24.3 Å². The Morgan fingerprint density at radius 3 is 0.900 bits per heavy atom. The number of hydrogen-bond acceptors (Lipinski definition) is 2. The van der Waals surface area contributed by atoms with Crippen LogP contribution in [0.1, 0.15) is 22.3 Å². The largest absolute Gasteiger partial charge is 0.508 e. The van der Waals surface area contributed by atoms with Gasteiger partial charge in [0.25, 0.3) is 0 Å². The molecule has 0 amide bonds. The van der Waals surface area contributed by atoms with Crippen LogP contribution < -0.4 is 0 Å². The molecular weight excluding hydrogens is 368 g/mol. The summed E-state index contributed by atoms with van der Waals surface area (Å²) < 4.78 is 0. The Labute approximate surface area is 179 Å². The van der Waals surface area contributed by atoms with Gasteiger partial charge in [-0.25, -0.2) is 0 Å². The molecule has 2 heteroatoms. The summed E-state index contributed by atoms with van der Waals surface area (Å²) >= 11 is 0. The lowest BCUT2D eigenvalue weighted by atomic mass is 9.98. The van der Waals surface area contributed by atoms with Crippen molar-refractivity contribution in [2.75, 3.05) is 0 Å². The van der Waals surface area contributed by atoms with Crippen LogP contribution >= 0.6 is 0 Å². The third-order valence-electron chi connectivity index (χ3n) is 4.84. The highest BCUT2D eigenvalue weighted by Gasteiger charge is 2.01. The zero-order chi connectivity index (χ0) is 21.7. The van der Waals surface area contributed by atoms with Crippen LogP contribution in [-0.2, 0) is 0 Å². The molecule has 0 bridgehead atoms. The van der Waals surface area contributed by atoms with Gasteiger partial charge in [0.05, 0.1) is 0 Å². The van der Waals surface area contributed by atoms with E-state index in [1.165, 1.54) is 33.4 Å². The normalized spacial score (nSPS) is 10.3. The van der Waals surface area contributed by atoms with E-state index >= 15 is 0 Å². The minimum absolute atomic E-state index is 0.257. The number of benzene rings is 4. The van der Waals surface area contributed by atoms with E-state index in [2.05, 4.69) is 64.1 Å². The standard InChI is InChI=1S/C16H18.C12H10O2/c1-11-5-12(2)8-15(7-11)16-9-13(3)6-14(4)10-16;13-11-5-1-9(2-6-11)10-3-7-12(14)8-4-10/h5-10H,1-4H3;1-8,13-14H. The van der Waals surface area contributed by atoms with Crippen LogP contribution in [0.5, 0.6) is 11.5 Å². The molecule has 0 fully saturated rings. The van der Waals surface area contributed by atoms with E-state index in [0.29, 0.717) is 0 Å². The van der Waals surface area contributed by atoms with Gasteiger partial charge in [0.15, 0.2) is 0 Å². The molecule has 0 saturated heterocycles. The molecule has 0 spiro atoms. The van der Waals surface area contributed by atoms with Gasteiger partial charge in [0, 0.05) is 0 Å². The van der Waals surface area contributed by atoms with Gasteiger partial charge in [0.2, 0.25) is 0 Å². The van der Waals surface area contributed by atoms with Gasteiger partial charge < -0.3 is 10.2 Å². The highest BCUT2D eigenvalue weighted by atomic mass is 16.3. The van der Waals surface area contributed by atoms with Gasteiger partial charge >= 0.3 is 0 Å². The zero-order valence-electron chi connectivity index (χ0n) is 18.0. The molecule has 0 heterocycles. The zero-order valence-corrected chi connectivity index (χ0v) is 18.0. The van der Waals surface area contributed by atoms with Gasteiger partial charge in [-0.1, -0.05) is 82.9 Å². The first kappa shape index (κ1) is 21.2. The van der Waals surface area contributed by atoms with Crippen molar-refractivity contribution < 1.29 is 10.2 Å². The fraction of sp³-hybridized carbons (Fsp3) is 0.143. The Balaban J connectivity index is 0.000000172. The minimum Gasteiger partial charge on any atom is -0.508 e. The van der Waals surface area contributed by atoms with Crippen LogP contribution in [0.3, 0.4) is 0 Å². The predicted molar refractivity (Wildman–Crippen MR) is 126 cm³/mol. The second-order valence-electron chi connectivity index (χ2n) is 7.85. The first-order valence-corrected chi connectivity index (χ1v) is 10.1. The van der Waals surface area contributed by atoms with E-state index in [-0.39, 0.29) is 11.5 Å². The van der Waals surface area contributed by atoms with Crippen molar-refractivity contribution in [3.05, 3.63) is 107 Å². The van der Waals surface area contributed by atoms with Crippen LogP contribution in [0, 0.1) is 27.7 Å². The van der Waals surface area contributed by atoms with E-state index in [4.69, 9.17) is 10.2 Å². The number of aromatic hydroxyl groups is 2. The van der Waals surface area contributed by atoms with Crippen molar-refractivity contribution >= 4 is 0 Å². The molecule has 4 rings (SSSR count). The second kappa shape index (κ2) is 9.32. The molecule has 4 aromatic carbocycles. The van der Waals surface area contributed by atoms with Gasteiger partial charge in [-0.3, -0.25) is 0 Å². The summed E-state index contributed by atoms with van der Waals surface area (Å²) in [5, 5.41) is 18.2. The molecule has 0 aromatic heterocycles. The number of aryl methyl sites for hydroxylation is 4. The van der Waals surface area contributed by atoms with Gasteiger partial charge in [-0.2, -0.15) is 0 Å². The fourth-order valence-corrected chi connectivity index (χ4v) is 3.59. The highest BCUT2D eigenvalue weighted by Crippen LogP contribution is 2.25. The van der Waals surface area contributed by atoms with Crippen LogP contribution in [0.2, 0.25) is 0 Å². The average molecular weight is 397 g/mol. The van der Waals surface area contributed by atoms with Crippen molar-refractivity contribution in [3.8, 4) is 33.8 Å². The first-order chi connectivity index (χ1) is 14.3. The molecule has 30 heavy (non-hydrogen) atoms. The highest BCUT2D eigenvalue weighted by molar-refractivity contribution is 5.67. The summed E-state index contributed by atoms with van der Waals surface area (Å²) in [4.78, 5) is 0. The Hall–Kier alpha value is -3.52. The summed E-state index contributed by atoms with van der Waals surface area (Å²) in [6, 6.07) is 27.3. The molecule has 0 aliphatic rings. The molecule has 4 aromatic rings. The smallest absolute Gasteiger partial charge is 0.115 e. The number of hydrogen-bond donors (Lipinski definition) is 2. The summed E-state index contributed by atoms with van der Waals surface area (Å²) in [5.41, 5.74) is 9.99. The van der Waals surface area contributed by atoms with Crippen LogP contribution in [0.25, 0.3) is 22.3 Å². The quantitative estimate of drug-likeness (QED) is 0.372. The van der Waals surface area contributed by atoms with Crippen molar-refractivity contribution in [1.82, 2.24) is 0 Å². The average Bonchev–Trinajstić information content (AvgIpc) is 2.68. The summed E-state index contributed by atoms with van der Waals surface area (Å²) in [6.07, 6.45) is 0. The summed E-state index contributed by atoms with van der Waals surface area (Å²) in [6.45, 7) is 8.61. The van der Waals surface area contributed by atoms with Gasteiger partial charge in [0.1, 0.15) is 11.5 Å². The lowest BCUT2D eigenvalue weighted by molar-refractivity contribution is 0.474. The third kappa shape index (κ3) is 5.74. The molecule has 152 valence electrons. The SMILES string of the molecule is Cc1cc(C)cc(-c2cc(C)cc(C)c2)c1.Oc1ccc(-c2ccc(O)cc2)cc1. The molecule has 0 aliphatic carbocycles. The van der Waals surface area contributed by atoms with Crippen molar-refractivity contribution in [3.63, 3.8) is 0 Å². The van der Waals surface area contributed by atoms with E-state index < -0.39 is 0 Å². The van der Waals surface area contributed by atoms with E-state index in [0.717, 1.165) is 11.1 Å². The first-order valence-electron chi connectivity index (χ1n) is 10.1. The molecule has 2 N–H and O–H groups in total. The third-order valence-corrected chi connectivity index (χ3v) is 4.84. The number of rotatable bonds is 2. The van der Waals surface area contributed by atoms with Gasteiger partial charge in [-0.05, 0) is 74.2 Å². The maximum Gasteiger partial charge on any atom is 0.115 e. The Kier molecular flexibility index (Phi) is 6.58. The Morgan fingerprint density at radius 2 is 0.633 bits per heavy atom. The molecule has 0 atom stereocenters. The van der Waals surface area contributed by atoms with E-state index in [1.807, 2.05) is 24.3 Å². The van der Waals surface area contributed by atoms with Crippen molar-refractivity contribution in [2.45, 2.75) is 27.7 Å². The minimum atomic E-state index is 0.257. The topological polar surface area (TPSA) is 40.5 Å². The molecule has 2 nitrogen and oxygen atoms in total. The molecule has 0 unspecified atom stereocenters. The Bertz CT molecular complexity index is 991. The fourth-order valence-electron chi connectivity index (χ4n) is 3.59. The van der Waals surface area contributed by atoms with Crippen LogP contribution in [0.15, 0.2) is 84.9 Å². The molecule has 0 aliphatic heterocycles. The molecule has 0 saturated carbocycles. The lowest BCUT2D eigenvalue weighted by Crippen LogP contribution is -1.85. The number of phenolic OH excluding ortho intramolecular Hbond substituents is 2. The van der Waals surface area contributed by atoms with E-state index in [9.17, 15) is 0 Å². The van der Waals surface area contributed by atoms with Gasteiger partial charge in [-0.15, -0.1) is 0 Å². The monoisotopic (exact) mass is 396 g/mol. The van der Waals surface area contributed by atoms with Crippen LogP contribution in [-0.4, -0.2) is 10.2 Å². The molecule has 0 radical (unpaired) electrons. The van der Waals surface area contributed by atoms with Crippen molar-refractivity contribution in [1.29, 1.82) is 0 Å². The summed E-state index contributed by atoms with van der Waals surface area (Å²) in [7, 11) is 0. The Morgan fingerprint density at radius 1 is 0.367 bits per heavy atom. The van der Waals surface area contributed by atoms with Crippen molar-refractivity contribution in [2.24, 2.45) is 0 Å². The maximum absolute atomic E-state index is 9.11. The second-order valence-corrected chi connectivity index (χ2v) is 7.85. The lowest BCUT2D eigenvalue weighted by Gasteiger charge is -2.07.